The monoisotopic (exact) mass is 1020 g/mol. The highest BCUT2D eigenvalue weighted by Gasteiger charge is 2.65. The van der Waals surface area contributed by atoms with Crippen LogP contribution in [-0.4, -0.2) is 99.1 Å². The summed E-state index contributed by atoms with van der Waals surface area (Å²) in [5, 5.41) is 42.1. The topological polar surface area (TPSA) is 222 Å². The Morgan fingerprint density at radius 3 is 1.85 bits per heavy atom. The second-order valence-electron chi connectivity index (χ2n) is 26.9. The van der Waals surface area contributed by atoms with Crippen molar-refractivity contribution in [1.82, 2.24) is 30.9 Å². The van der Waals surface area contributed by atoms with Crippen LogP contribution in [0.15, 0.2) is 6.20 Å². The van der Waals surface area contributed by atoms with Gasteiger partial charge in [-0.25, -0.2) is 4.68 Å². The zero-order valence-corrected chi connectivity index (χ0v) is 45.2. The highest BCUT2D eigenvalue weighted by atomic mass is 32.2. The first-order valence-electron chi connectivity index (χ1n) is 28.8. The van der Waals surface area contributed by atoms with E-state index in [9.17, 15) is 37.6 Å². The number of hydrogen-bond acceptors (Lipinski definition) is 10. The van der Waals surface area contributed by atoms with E-state index < -0.39 is 27.8 Å². The summed E-state index contributed by atoms with van der Waals surface area (Å²) in [6.07, 6.45) is 20.0. The summed E-state index contributed by atoms with van der Waals surface area (Å²) >= 11 is 0. The van der Waals surface area contributed by atoms with Crippen molar-refractivity contribution in [2.24, 2.45) is 92.7 Å². The van der Waals surface area contributed by atoms with Crippen molar-refractivity contribution in [3.8, 4) is 0 Å². The molecule has 14 aliphatic rings. The molecule has 0 spiro atoms. The largest absolute Gasteiger partial charge is 0.393 e. The molecule has 3 amide bonds. The van der Waals surface area contributed by atoms with Crippen LogP contribution in [0.2, 0.25) is 0 Å². The molecule has 21 atom stereocenters. The fraction of sp³-hybridized carbons (Fsp3) is 0.911. The molecule has 16 heteroatoms. The van der Waals surface area contributed by atoms with Crippen LogP contribution in [0.1, 0.15) is 182 Å². The van der Waals surface area contributed by atoms with Gasteiger partial charge in [-0.1, -0.05) is 46.8 Å². The molecule has 1 unspecified atom stereocenters. The third kappa shape index (κ3) is 9.64. The van der Waals surface area contributed by atoms with Gasteiger partial charge in [0.15, 0.2) is 0 Å². The standard InChI is InChI=1S/C56H90N6O9S/c1-32-7-13-48(65)58-29-45(52(67)57-23-24-72(68,69)70)59-49(66)14-8-33(2)40-10-12-42-51-44(18-22-56(40,42)6)54(4)20-16-38(26-35(54)28-47(51)64)71-31-36-30-62(61-60-36)37-15-19-53(3)34(25-37)27-46(63)50-41-11-9-39(32)55(41,5)21-17-43(50)53/h30,32-35,37-47,50-51,63-64H,7-29,31H2,1-6H3,(H,57,67)(H,58,65)(H,59,66)(H,68,69,70)/t32-,33-,34+,35+,37-,38-,39-,40-,41+,42+,43+,44+,45?,46+,47+,50+,51+,53+,54+,55-,56-/m1/s1. The van der Waals surface area contributed by atoms with Gasteiger partial charge >= 0.3 is 0 Å². The van der Waals surface area contributed by atoms with E-state index in [0.29, 0.717) is 66.8 Å². The number of aliphatic hydroxyl groups excluding tert-OH is 2. The lowest BCUT2D eigenvalue weighted by molar-refractivity contribution is -0.179. The van der Waals surface area contributed by atoms with E-state index in [4.69, 9.17) is 9.95 Å². The average molecular weight is 1020 g/mol. The molecule has 8 fully saturated rings. The molecule has 404 valence electrons. The number of amides is 3. The van der Waals surface area contributed by atoms with Crippen LogP contribution in [0, 0.1) is 92.7 Å². The maximum absolute atomic E-state index is 13.7. The second-order valence-corrected chi connectivity index (χ2v) is 28.5. The Kier molecular flexibility index (Phi) is 14.7. The number of carbonyl (C=O) groups is 3. The number of hydrogen-bond donors (Lipinski definition) is 6. The van der Waals surface area contributed by atoms with Crippen LogP contribution in [-0.2, 0) is 35.8 Å². The first-order valence-corrected chi connectivity index (χ1v) is 30.4. The Bertz CT molecular complexity index is 2280. The Hall–Kier alpha value is -2.66. The lowest BCUT2D eigenvalue weighted by Gasteiger charge is -2.62. The number of carbonyl (C=O) groups excluding carboxylic acids is 3. The SMILES string of the molecule is C[C@@H]1CCC(=O)NC(C(=O)NCCS(=O)(=O)O)CNC(=O)CC[C@@H](C)[C@H]2CC[C@H]3[C@@H]4[C@@H](O)C[C@@H]5C[C@@H](CC[C@]5(C)[C@H]4CC[C@]23C)n2cc(nn2)CO[C@@H]2CC[C@@]3(C)[C@@H](C2)C[C@H](O)[C@@H]2[C@@H]3CC[C@]3(C)[C@@H]1CC[C@@H]23. The average Bonchev–Trinajstić information content (AvgIpc) is 4.05. The Morgan fingerprint density at radius 1 is 0.722 bits per heavy atom. The predicted octanol–water partition coefficient (Wildman–Crippen LogP) is 7.42. The van der Waals surface area contributed by atoms with Crippen LogP contribution in [0.5, 0.6) is 0 Å². The highest BCUT2D eigenvalue weighted by molar-refractivity contribution is 7.85. The molecule has 8 aliphatic carbocycles. The molecule has 0 saturated heterocycles. The molecule has 15 nitrogen and oxygen atoms in total. The van der Waals surface area contributed by atoms with Gasteiger partial charge in [0.2, 0.25) is 17.7 Å². The summed E-state index contributed by atoms with van der Waals surface area (Å²) in [5.41, 5.74) is 1.33. The van der Waals surface area contributed by atoms with Crippen LogP contribution in [0.25, 0.3) is 0 Å². The number of aromatic nitrogens is 3. The zero-order valence-electron chi connectivity index (χ0n) is 44.4. The minimum absolute atomic E-state index is 0.0568. The normalized spacial score (nSPS) is 48.0. The zero-order chi connectivity index (χ0) is 51.1. The number of aliphatic hydroxyl groups is 2. The lowest BCUT2D eigenvalue weighted by atomic mass is 9.43. The summed E-state index contributed by atoms with van der Waals surface area (Å²) in [6.45, 7) is 14.5. The van der Waals surface area contributed by atoms with E-state index in [2.05, 4.69) is 73.5 Å². The van der Waals surface area contributed by atoms with Gasteiger partial charge < -0.3 is 30.9 Å². The molecule has 7 heterocycles. The van der Waals surface area contributed by atoms with Crippen molar-refractivity contribution in [3.05, 3.63) is 11.9 Å². The number of nitrogens with one attached hydrogen (secondary N) is 3. The molecule has 15 rings (SSSR count). The van der Waals surface area contributed by atoms with Crippen LogP contribution in [0.4, 0.5) is 0 Å². The molecule has 1 aromatic rings. The molecule has 18 bridgehead atoms. The lowest BCUT2D eigenvalue weighted by Crippen LogP contribution is -2.58. The van der Waals surface area contributed by atoms with Crippen molar-refractivity contribution >= 4 is 27.8 Å². The quantitative estimate of drug-likeness (QED) is 0.163. The van der Waals surface area contributed by atoms with Crippen molar-refractivity contribution < 1.29 is 42.3 Å². The van der Waals surface area contributed by atoms with Gasteiger partial charge in [-0.15, -0.1) is 5.10 Å². The Morgan fingerprint density at radius 2 is 1.25 bits per heavy atom. The molecule has 1 aromatic heterocycles. The van der Waals surface area contributed by atoms with Crippen molar-refractivity contribution in [2.45, 2.75) is 207 Å². The molecule has 8 saturated carbocycles. The minimum atomic E-state index is -4.32. The van der Waals surface area contributed by atoms with Crippen molar-refractivity contribution in [1.29, 1.82) is 0 Å². The van der Waals surface area contributed by atoms with E-state index in [1.54, 1.807) is 0 Å². The minimum Gasteiger partial charge on any atom is -0.393 e. The molecular formula is C56H90N6O9S. The fourth-order valence-electron chi connectivity index (χ4n) is 19.8. The summed E-state index contributed by atoms with van der Waals surface area (Å²) in [5.74, 6) is 2.68. The third-order valence-electron chi connectivity index (χ3n) is 23.7. The summed E-state index contributed by atoms with van der Waals surface area (Å²) in [7, 11) is -4.32. The molecule has 6 N–H and O–H groups in total. The predicted molar refractivity (Wildman–Crippen MR) is 272 cm³/mol. The van der Waals surface area contributed by atoms with Gasteiger partial charge in [0.1, 0.15) is 11.7 Å². The number of ether oxygens (including phenoxy) is 1. The van der Waals surface area contributed by atoms with E-state index in [-0.39, 0.29) is 107 Å². The smallest absolute Gasteiger partial charge is 0.266 e. The summed E-state index contributed by atoms with van der Waals surface area (Å²) in [4.78, 5) is 40.8. The fourth-order valence-corrected chi connectivity index (χ4v) is 20.2. The van der Waals surface area contributed by atoms with Gasteiger partial charge in [-0.05, 0) is 208 Å². The summed E-state index contributed by atoms with van der Waals surface area (Å²) < 4.78 is 41.1. The van der Waals surface area contributed by atoms with Gasteiger partial charge in [-0.3, -0.25) is 18.9 Å². The maximum atomic E-state index is 13.7. The number of nitrogens with zero attached hydrogens (tertiary/aromatic N) is 3. The van der Waals surface area contributed by atoms with E-state index in [0.717, 1.165) is 108 Å². The molecule has 6 aliphatic heterocycles. The van der Waals surface area contributed by atoms with Gasteiger partial charge in [0.05, 0.1) is 42.9 Å². The Labute approximate surface area is 429 Å². The third-order valence-corrected chi connectivity index (χ3v) is 24.4. The highest BCUT2D eigenvalue weighted by Crippen LogP contribution is 2.70. The molecule has 0 radical (unpaired) electrons. The molecule has 72 heavy (non-hydrogen) atoms. The van der Waals surface area contributed by atoms with E-state index in [1.807, 2.05) is 0 Å². The van der Waals surface area contributed by atoms with Crippen LogP contribution >= 0.6 is 0 Å². The van der Waals surface area contributed by atoms with Crippen molar-refractivity contribution in [3.63, 3.8) is 0 Å². The first kappa shape index (κ1) is 52.8. The Balaban J connectivity index is 0.868. The van der Waals surface area contributed by atoms with Gasteiger partial charge in [0.25, 0.3) is 10.1 Å². The van der Waals surface area contributed by atoms with E-state index >= 15 is 0 Å². The number of rotatable bonds is 4. The first-order chi connectivity index (χ1) is 34.1. The van der Waals surface area contributed by atoms with Crippen LogP contribution in [0.3, 0.4) is 0 Å². The van der Waals surface area contributed by atoms with Crippen LogP contribution < -0.4 is 16.0 Å². The second kappa shape index (κ2) is 20.0. The van der Waals surface area contributed by atoms with E-state index in [1.165, 1.54) is 0 Å². The van der Waals surface area contributed by atoms with Crippen molar-refractivity contribution in [2.75, 3.05) is 18.8 Å². The maximum Gasteiger partial charge on any atom is 0.266 e. The van der Waals surface area contributed by atoms with Gasteiger partial charge in [-0.2, -0.15) is 8.42 Å². The van der Waals surface area contributed by atoms with Gasteiger partial charge in [0, 0.05) is 25.9 Å². The molecular weight excluding hydrogens is 933 g/mol. The summed E-state index contributed by atoms with van der Waals surface area (Å²) in [6, 6.07) is -0.865. The molecule has 0 aromatic carbocycles.